The molecule has 2 N–H and O–H groups in total. The van der Waals surface area contributed by atoms with Crippen molar-refractivity contribution in [3.05, 3.63) is 53.6 Å². The van der Waals surface area contributed by atoms with Gasteiger partial charge in [0.1, 0.15) is 5.60 Å². The smallest absolute Gasteiger partial charge is 0.240 e. The molecule has 0 aliphatic carbocycles. The second kappa shape index (κ2) is 6.08. The molecule has 0 saturated heterocycles. The van der Waals surface area contributed by atoms with Crippen molar-refractivity contribution < 1.29 is 23.0 Å². The summed E-state index contributed by atoms with van der Waals surface area (Å²) in [5, 5.41) is 10.7. The Kier molecular flexibility index (Phi) is 4.25. The lowest BCUT2D eigenvalue weighted by atomic mass is 9.96. The SMILES string of the molecule is Cc1cccc(S(=O)(=O)NCC(C)(O)c2ccc3c(c2)OCO3)c1. The molecule has 2 aromatic carbocycles. The number of nitrogens with one attached hydrogen (secondary N) is 1. The van der Waals surface area contributed by atoms with E-state index >= 15 is 0 Å². The number of aliphatic hydroxyl groups is 1. The number of fused-ring (bicyclic) bond motifs is 1. The summed E-state index contributed by atoms with van der Waals surface area (Å²) < 4.78 is 37.7. The molecule has 2 aromatic rings. The first-order valence-corrected chi connectivity index (χ1v) is 8.95. The Morgan fingerprint density at radius 3 is 2.67 bits per heavy atom. The summed E-state index contributed by atoms with van der Waals surface area (Å²) in [6.45, 7) is 3.34. The number of sulfonamides is 1. The first-order chi connectivity index (χ1) is 11.3. The maximum absolute atomic E-state index is 12.4. The van der Waals surface area contributed by atoms with Crippen LogP contribution >= 0.6 is 0 Å². The van der Waals surface area contributed by atoms with E-state index in [2.05, 4.69) is 4.72 Å². The molecule has 0 bridgehead atoms. The average Bonchev–Trinajstić information content (AvgIpc) is 3.01. The summed E-state index contributed by atoms with van der Waals surface area (Å²) in [6, 6.07) is 11.6. The Morgan fingerprint density at radius 1 is 1.17 bits per heavy atom. The Balaban J connectivity index is 1.77. The van der Waals surface area contributed by atoms with Gasteiger partial charge in [-0.05, 0) is 49.2 Å². The number of benzene rings is 2. The molecule has 6 nitrogen and oxygen atoms in total. The summed E-state index contributed by atoms with van der Waals surface area (Å²) in [5.74, 6) is 1.14. The Morgan fingerprint density at radius 2 is 1.92 bits per heavy atom. The Hall–Kier alpha value is -2.09. The largest absolute Gasteiger partial charge is 0.454 e. The Labute approximate surface area is 141 Å². The van der Waals surface area contributed by atoms with Crippen molar-refractivity contribution in [3.8, 4) is 11.5 Å². The van der Waals surface area contributed by atoms with Gasteiger partial charge in [-0.3, -0.25) is 0 Å². The van der Waals surface area contributed by atoms with E-state index in [0.717, 1.165) is 5.56 Å². The van der Waals surface area contributed by atoms with Gasteiger partial charge in [-0.1, -0.05) is 18.2 Å². The van der Waals surface area contributed by atoms with Crippen LogP contribution in [0.25, 0.3) is 0 Å². The van der Waals surface area contributed by atoms with Crippen molar-refractivity contribution in [1.82, 2.24) is 4.72 Å². The highest BCUT2D eigenvalue weighted by molar-refractivity contribution is 7.89. The van der Waals surface area contributed by atoms with Gasteiger partial charge < -0.3 is 14.6 Å². The van der Waals surface area contributed by atoms with Crippen LogP contribution in [0.3, 0.4) is 0 Å². The van der Waals surface area contributed by atoms with Crippen LogP contribution in [0.5, 0.6) is 11.5 Å². The van der Waals surface area contributed by atoms with E-state index in [-0.39, 0.29) is 18.2 Å². The van der Waals surface area contributed by atoms with Crippen LogP contribution in [-0.2, 0) is 15.6 Å². The predicted octanol–water partition coefficient (Wildman–Crippen LogP) is 1.91. The molecule has 0 spiro atoms. The third-order valence-corrected chi connectivity index (χ3v) is 5.30. The molecule has 0 amide bonds. The number of hydrogen-bond donors (Lipinski definition) is 2. The van der Waals surface area contributed by atoms with Gasteiger partial charge in [0.15, 0.2) is 11.5 Å². The van der Waals surface area contributed by atoms with Gasteiger partial charge in [0, 0.05) is 6.54 Å². The van der Waals surface area contributed by atoms with Gasteiger partial charge in [0.25, 0.3) is 0 Å². The van der Waals surface area contributed by atoms with E-state index in [9.17, 15) is 13.5 Å². The third-order valence-electron chi connectivity index (χ3n) is 3.90. The molecule has 0 radical (unpaired) electrons. The van der Waals surface area contributed by atoms with Crippen LogP contribution in [0.15, 0.2) is 47.4 Å². The van der Waals surface area contributed by atoms with Crippen molar-refractivity contribution >= 4 is 10.0 Å². The first kappa shape index (κ1) is 16.8. The standard InChI is InChI=1S/C17H19NO5S/c1-12-4-3-5-14(8-12)24(20,21)18-10-17(2,19)13-6-7-15-16(9-13)23-11-22-15/h3-9,18-19H,10-11H2,1-2H3. The van der Waals surface area contributed by atoms with Crippen LogP contribution < -0.4 is 14.2 Å². The second-order valence-corrected chi connectivity index (χ2v) is 7.75. The average molecular weight is 349 g/mol. The Bertz CT molecular complexity index is 861. The van der Waals surface area contributed by atoms with Gasteiger partial charge in [-0.25, -0.2) is 13.1 Å². The zero-order valence-corrected chi connectivity index (χ0v) is 14.3. The molecule has 7 heteroatoms. The summed E-state index contributed by atoms with van der Waals surface area (Å²) in [4.78, 5) is 0.170. The zero-order chi connectivity index (χ0) is 17.4. The highest BCUT2D eigenvalue weighted by atomic mass is 32.2. The minimum atomic E-state index is -3.70. The number of rotatable bonds is 5. The lowest BCUT2D eigenvalue weighted by molar-refractivity contribution is 0.0625. The van der Waals surface area contributed by atoms with Crippen LogP contribution in [0.2, 0.25) is 0 Å². The normalized spacial score (nSPS) is 16.0. The van der Waals surface area contributed by atoms with E-state index in [1.54, 1.807) is 37.3 Å². The molecule has 3 rings (SSSR count). The molecule has 1 atom stereocenters. The summed E-state index contributed by atoms with van der Waals surface area (Å²) in [5.41, 5.74) is -0.00294. The topological polar surface area (TPSA) is 84.9 Å². The third kappa shape index (κ3) is 3.38. The van der Waals surface area contributed by atoms with Crippen molar-refractivity contribution in [2.45, 2.75) is 24.3 Å². The number of aryl methyl sites for hydroxylation is 1. The van der Waals surface area contributed by atoms with Crippen molar-refractivity contribution in [1.29, 1.82) is 0 Å². The van der Waals surface area contributed by atoms with E-state index in [4.69, 9.17) is 9.47 Å². The van der Waals surface area contributed by atoms with Gasteiger partial charge in [0.05, 0.1) is 4.90 Å². The van der Waals surface area contributed by atoms with Gasteiger partial charge >= 0.3 is 0 Å². The van der Waals surface area contributed by atoms with E-state index < -0.39 is 15.6 Å². The molecule has 128 valence electrons. The highest BCUT2D eigenvalue weighted by Crippen LogP contribution is 2.35. The molecular weight excluding hydrogens is 330 g/mol. The van der Waals surface area contributed by atoms with Gasteiger partial charge in [-0.15, -0.1) is 0 Å². The van der Waals surface area contributed by atoms with Crippen molar-refractivity contribution in [2.75, 3.05) is 13.3 Å². The molecule has 1 unspecified atom stereocenters. The number of hydrogen-bond acceptors (Lipinski definition) is 5. The van der Waals surface area contributed by atoms with Gasteiger partial charge in [-0.2, -0.15) is 0 Å². The first-order valence-electron chi connectivity index (χ1n) is 7.47. The molecule has 24 heavy (non-hydrogen) atoms. The lowest BCUT2D eigenvalue weighted by Gasteiger charge is -2.24. The van der Waals surface area contributed by atoms with Crippen LogP contribution in [0, 0.1) is 6.92 Å². The maximum atomic E-state index is 12.4. The minimum Gasteiger partial charge on any atom is -0.454 e. The fraction of sp³-hybridized carbons (Fsp3) is 0.294. The van der Waals surface area contributed by atoms with Crippen LogP contribution in [-0.4, -0.2) is 26.9 Å². The van der Waals surface area contributed by atoms with Crippen LogP contribution in [0.4, 0.5) is 0 Å². The zero-order valence-electron chi connectivity index (χ0n) is 13.4. The van der Waals surface area contributed by atoms with Crippen molar-refractivity contribution in [2.24, 2.45) is 0 Å². The summed E-state index contributed by atoms with van der Waals surface area (Å²) in [7, 11) is -3.70. The van der Waals surface area contributed by atoms with E-state index in [1.165, 1.54) is 6.07 Å². The molecule has 0 fully saturated rings. The molecule has 0 aromatic heterocycles. The maximum Gasteiger partial charge on any atom is 0.240 e. The van der Waals surface area contributed by atoms with E-state index in [0.29, 0.717) is 17.1 Å². The van der Waals surface area contributed by atoms with E-state index in [1.807, 2.05) is 13.0 Å². The molecule has 1 aliphatic heterocycles. The summed E-state index contributed by atoms with van der Waals surface area (Å²) in [6.07, 6.45) is 0. The lowest BCUT2D eigenvalue weighted by Crippen LogP contribution is -2.38. The summed E-state index contributed by atoms with van der Waals surface area (Å²) >= 11 is 0. The second-order valence-electron chi connectivity index (χ2n) is 5.98. The quantitative estimate of drug-likeness (QED) is 0.861. The molecular formula is C17H19NO5S. The highest BCUT2D eigenvalue weighted by Gasteiger charge is 2.28. The minimum absolute atomic E-state index is 0.140. The van der Waals surface area contributed by atoms with Crippen LogP contribution in [0.1, 0.15) is 18.1 Å². The molecule has 1 heterocycles. The number of ether oxygens (including phenoxy) is 2. The molecule has 0 saturated carbocycles. The molecule has 1 aliphatic rings. The van der Waals surface area contributed by atoms with Gasteiger partial charge in [0.2, 0.25) is 16.8 Å². The predicted molar refractivity (Wildman–Crippen MR) is 88.5 cm³/mol. The fourth-order valence-electron chi connectivity index (χ4n) is 2.43. The van der Waals surface area contributed by atoms with Crippen molar-refractivity contribution in [3.63, 3.8) is 0 Å². The monoisotopic (exact) mass is 349 g/mol. The fourth-order valence-corrected chi connectivity index (χ4v) is 3.67.